The Morgan fingerprint density at radius 2 is 1.32 bits per heavy atom. The molecule has 5 nitrogen and oxygen atoms in total. The van der Waals surface area contributed by atoms with Gasteiger partial charge in [-0.25, -0.2) is 0 Å². The molecule has 1 heterocycles. The molecule has 184 valence electrons. The Hall–Kier alpha value is -0.460. The lowest BCUT2D eigenvalue weighted by atomic mass is 10.1. The van der Waals surface area contributed by atoms with Crippen LogP contribution in [0, 0.1) is 0 Å². The van der Waals surface area contributed by atoms with Crippen LogP contribution in [0.15, 0.2) is 12.2 Å². The lowest BCUT2D eigenvalue weighted by molar-refractivity contribution is -0.0813. The van der Waals surface area contributed by atoms with Gasteiger partial charge in [-0.05, 0) is 32.1 Å². The lowest BCUT2D eigenvalue weighted by Crippen LogP contribution is -2.40. The third-order valence-corrected chi connectivity index (χ3v) is 6.16. The second-order valence-corrected chi connectivity index (χ2v) is 9.14. The predicted octanol–water partition coefficient (Wildman–Crippen LogP) is 5.30. The van der Waals surface area contributed by atoms with E-state index in [0.717, 1.165) is 12.8 Å². The van der Waals surface area contributed by atoms with Crippen molar-refractivity contribution in [3.8, 4) is 0 Å². The van der Waals surface area contributed by atoms with Crippen molar-refractivity contribution in [3.63, 3.8) is 0 Å². The average molecular weight is 443 g/mol. The van der Waals surface area contributed by atoms with Crippen molar-refractivity contribution in [2.75, 3.05) is 19.8 Å². The molecule has 0 spiro atoms. The van der Waals surface area contributed by atoms with Gasteiger partial charge >= 0.3 is 0 Å². The van der Waals surface area contributed by atoms with E-state index in [-0.39, 0.29) is 13.2 Å². The van der Waals surface area contributed by atoms with Crippen molar-refractivity contribution >= 4 is 0 Å². The molecule has 1 aliphatic heterocycles. The van der Waals surface area contributed by atoms with Crippen molar-refractivity contribution in [2.24, 2.45) is 0 Å². The largest absolute Gasteiger partial charge is 0.388 e. The molecule has 0 unspecified atom stereocenters. The van der Waals surface area contributed by atoms with Crippen LogP contribution in [0.3, 0.4) is 0 Å². The summed E-state index contributed by atoms with van der Waals surface area (Å²) in [5, 5.41) is 29.1. The van der Waals surface area contributed by atoms with Crippen LogP contribution >= 0.6 is 0 Å². The molecule has 0 aliphatic carbocycles. The van der Waals surface area contributed by atoms with Gasteiger partial charge in [0.1, 0.15) is 24.4 Å². The molecular formula is C26H50O5. The minimum atomic E-state index is -1.03. The van der Waals surface area contributed by atoms with Gasteiger partial charge in [0, 0.05) is 6.61 Å². The second kappa shape index (κ2) is 20.2. The number of allylic oxidation sites excluding steroid dienone is 2. The third kappa shape index (κ3) is 15.1. The summed E-state index contributed by atoms with van der Waals surface area (Å²) in [6.07, 6.45) is 22.0. The first-order chi connectivity index (χ1) is 15.2. The highest BCUT2D eigenvalue weighted by molar-refractivity contribution is 4.87. The minimum Gasteiger partial charge on any atom is -0.388 e. The fourth-order valence-corrected chi connectivity index (χ4v) is 4.07. The van der Waals surface area contributed by atoms with E-state index >= 15 is 0 Å². The number of aliphatic hydroxyl groups is 3. The van der Waals surface area contributed by atoms with E-state index in [9.17, 15) is 15.3 Å². The van der Waals surface area contributed by atoms with Crippen LogP contribution in [0.1, 0.15) is 110 Å². The number of unbranched alkanes of at least 4 members (excludes halogenated alkanes) is 14. The first-order valence-corrected chi connectivity index (χ1v) is 13.0. The highest BCUT2D eigenvalue weighted by atomic mass is 16.5. The molecule has 0 saturated carbocycles. The van der Waals surface area contributed by atoms with Crippen LogP contribution in [-0.2, 0) is 9.47 Å². The van der Waals surface area contributed by atoms with Gasteiger partial charge in [-0.3, -0.25) is 0 Å². The summed E-state index contributed by atoms with van der Waals surface area (Å²) in [7, 11) is 0. The first kappa shape index (κ1) is 28.6. The molecule has 0 aromatic carbocycles. The highest BCUT2D eigenvalue weighted by Gasteiger charge is 2.39. The van der Waals surface area contributed by atoms with Gasteiger partial charge in [0.15, 0.2) is 0 Å². The molecule has 31 heavy (non-hydrogen) atoms. The maximum atomic E-state index is 9.96. The number of rotatable bonds is 21. The van der Waals surface area contributed by atoms with Gasteiger partial charge in [-0.15, -0.1) is 0 Å². The van der Waals surface area contributed by atoms with E-state index in [0.29, 0.717) is 6.61 Å². The molecule has 0 radical (unpaired) electrons. The minimum absolute atomic E-state index is 0.0679. The molecular weight excluding hydrogens is 392 g/mol. The molecule has 1 aliphatic rings. The number of hydrogen-bond donors (Lipinski definition) is 3. The Morgan fingerprint density at radius 3 is 1.84 bits per heavy atom. The quantitative estimate of drug-likeness (QED) is 0.166. The van der Waals surface area contributed by atoms with Crippen LogP contribution < -0.4 is 0 Å². The number of aliphatic hydroxyl groups excluding tert-OH is 3. The molecule has 5 heteroatoms. The van der Waals surface area contributed by atoms with Gasteiger partial charge in [-0.2, -0.15) is 0 Å². The lowest BCUT2D eigenvalue weighted by Gasteiger charge is -2.20. The van der Waals surface area contributed by atoms with Gasteiger partial charge in [-0.1, -0.05) is 89.7 Å². The topological polar surface area (TPSA) is 79.2 Å². The average Bonchev–Trinajstić information content (AvgIpc) is 3.10. The first-order valence-electron chi connectivity index (χ1n) is 13.0. The summed E-state index contributed by atoms with van der Waals surface area (Å²) in [5.41, 5.74) is 0. The van der Waals surface area contributed by atoms with Crippen molar-refractivity contribution < 1.29 is 24.8 Å². The fraction of sp³-hybridized carbons (Fsp3) is 0.923. The van der Waals surface area contributed by atoms with E-state index in [4.69, 9.17) is 9.47 Å². The van der Waals surface area contributed by atoms with Crippen LogP contribution in [-0.4, -0.2) is 59.6 Å². The van der Waals surface area contributed by atoms with Crippen LogP contribution in [0.2, 0.25) is 0 Å². The number of hydrogen-bond acceptors (Lipinski definition) is 5. The Morgan fingerprint density at radius 1 is 0.806 bits per heavy atom. The highest BCUT2D eigenvalue weighted by Crippen LogP contribution is 2.18. The molecule has 1 rings (SSSR count). The normalized spacial score (nSPS) is 22.5. The Kier molecular flexibility index (Phi) is 18.6. The zero-order valence-electron chi connectivity index (χ0n) is 20.1. The van der Waals surface area contributed by atoms with E-state index in [1.807, 2.05) is 0 Å². The number of ether oxygens (including phenoxy) is 2. The van der Waals surface area contributed by atoms with E-state index < -0.39 is 24.4 Å². The van der Waals surface area contributed by atoms with Crippen LogP contribution in [0.4, 0.5) is 0 Å². The van der Waals surface area contributed by atoms with Gasteiger partial charge < -0.3 is 24.8 Å². The molecule has 3 N–H and O–H groups in total. The predicted molar refractivity (Wildman–Crippen MR) is 127 cm³/mol. The molecule has 0 bridgehead atoms. The van der Waals surface area contributed by atoms with E-state index in [1.54, 1.807) is 0 Å². The zero-order chi connectivity index (χ0) is 22.6. The summed E-state index contributed by atoms with van der Waals surface area (Å²) in [6, 6.07) is 0. The molecule has 0 aromatic rings. The summed E-state index contributed by atoms with van der Waals surface area (Å²) in [6.45, 7) is 3.10. The monoisotopic (exact) mass is 442 g/mol. The van der Waals surface area contributed by atoms with Gasteiger partial charge in [0.2, 0.25) is 0 Å². The van der Waals surface area contributed by atoms with Crippen LogP contribution in [0.25, 0.3) is 0 Å². The summed E-state index contributed by atoms with van der Waals surface area (Å²) < 4.78 is 10.7. The standard InChI is InChI=1S/C26H50O5/c1-2-3-4-5-6-7-8-9-10-11-12-13-14-15-16-17-18-19-20-30-21-24(28)26-25(29)23(27)22-31-26/h10-11,23-29H,2-9,12-22H2,1H3/b11-10+/t23-,24+,25-,26-/m0/s1. The summed E-state index contributed by atoms with van der Waals surface area (Å²) in [4.78, 5) is 0. The maximum Gasteiger partial charge on any atom is 0.114 e. The molecule has 0 amide bonds. The smallest absolute Gasteiger partial charge is 0.114 e. The Labute approximate surface area is 191 Å². The van der Waals surface area contributed by atoms with E-state index in [2.05, 4.69) is 19.1 Å². The van der Waals surface area contributed by atoms with Crippen molar-refractivity contribution in [2.45, 2.75) is 134 Å². The SMILES string of the molecule is CCCCCCCCC/C=C/CCCCCCCCCOC[C@@H](O)[C@@H]1OC[C@H](O)[C@@H]1O. The fourth-order valence-electron chi connectivity index (χ4n) is 4.07. The third-order valence-electron chi connectivity index (χ3n) is 6.16. The van der Waals surface area contributed by atoms with Crippen molar-refractivity contribution in [1.29, 1.82) is 0 Å². The van der Waals surface area contributed by atoms with Crippen molar-refractivity contribution in [1.82, 2.24) is 0 Å². The summed E-state index contributed by atoms with van der Waals surface area (Å²) in [5.74, 6) is 0. The zero-order valence-corrected chi connectivity index (χ0v) is 20.1. The van der Waals surface area contributed by atoms with Crippen molar-refractivity contribution in [3.05, 3.63) is 12.2 Å². The Balaban J connectivity index is 1.76. The Bertz CT molecular complexity index is 415. The molecule has 4 atom stereocenters. The van der Waals surface area contributed by atoms with Gasteiger partial charge in [0.05, 0.1) is 13.2 Å². The maximum absolute atomic E-state index is 9.96. The summed E-state index contributed by atoms with van der Waals surface area (Å²) >= 11 is 0. The van der Waals surface area contributed by atoms with E-state index in [1.165, 1.54) is 89.9 Å². The molecule has 1 fully saturated rings. The molecule has 0 aromatic heterocycles. The van der Waals surface area contributed by atoms with Crippen LogP contribution in [0.5, 0.6) is 0 Å². The van der Waals surface area contributed by atoms with Gasteiger partial charge in [0.25, 0.3) is 0 Å². The molecule has 1 saturated heterocycles. The second-order valence-electron chi connectivity index (χ2n) is 9.14.